The van der Waals surface area contributed by atoms with E-state index in [1.807, 2.05) is 0 Å². The third kappa shape index (κ3) is 11.6. The predicted molar refractivity (Wildman–Crippen MR) is 38.3 cm³/mol. The average molecular weight is 222 g/mol. The van der Waals surface area contributed by atoms with Crippen LogP contribution < -0.4 is 0 Å². The Bertz CT molecular complexity index is 133. The number of alkyl halides is 5. The van der Waals surface area contributed by atoms with Crippen molar-refractivity contribution in [3.63, 3.8) is 0 Å². The number of rotatable bonds is 6. The van der Waals surface area contributed by atoms with Crippen LogP contribution in [0, 0.1) is 0 Å². The molecule has 0 aliphatic rings. The van der Waals surface area contributed by atoms with Gasteiger partial charge in [-0.05, 0) is 0 Å². The van der Waals surface area contributed by atoms with Gasteiger partial charge in [-0.15, -0.1) is 0 Å². The van der Waals surface area contributed by atoms with Crippen LogP contribution in [0.15, 0.2) is 0 Å². The molecule has 0 fully saturated rings. The van der Waals surface area contributed by atoms with Crippen LogP contribution in [0.2, 0.25) is 0 Å². The summed E-state index contributed by atoms with van der Waals surface area (Å²) in [5, 5.41) is 0. The van der Waals surface area contributed by atoms with E-state index in [1.165, 1.54) is 0 Å². The maximum Gasteiger partial charge on any atom is 0.411 e. The summed E-state index contributed by atoms with van der Waals surface area (Å²) in [6.07, 6.45) is -4.39. The van der Waals surface area contributed by atoms with Gasteiger partial charge in [-0.1, -0.05) is 0 Å². The molecule has 0 saturated carbocycles. The fraction of sp³-hybridized carbons (Fsp3) is 1.00. The van der Waals surface area contributed by atoms with E-state index in [1.54, 1.807) is 0 Å². The van der Waals surface area contributed by atoms with Gasteiger partial charge in [0.2, 0.25) is 0 Å². The van der Waals surface area contributed by atoms with E-state index >= 15 is 0 Å². The zero-order valence-corrected chi connectivity index (χ0v) is 7.53. The first-order chi connectivity index (χ1) is 6.21. The summed E-state index contributed by atoms with van der Waals surface area (Å²) >= 11 is 0. The molecule has 0 aromatic carbocycles. The first kappa shape index (κ1) is 13.6. The highest BCUT2D eigenvalue weighted by molar-refractivity contribution is 4.54. The molecule has 86 valence electrons. The second-order valence-corrected chi connectivity index (χ2v) is 2.79. The minimum absolute atomic E-state index is 0.278. The third-order valence-corrected chi connectivity index (χ3v) is 0.993. The molecule has 0 atom stereocenters. The summed E-state index contributed by atoms with van der Waals surface area (Å²) in [5.41, 5.74) is 0. The van der Waals surface area contributed by atoms with Crippen LogP contribution in [0.3, 0.4) is 0 Å². The molecule has 0 aliphatic carbocycles. The number of hydrogen-bond acceptors (Lipinski definition) is 2. The lowest BCUT2D eigenvalue weighted by atomic mass is 10.4. The molecule has 0 radical (unpaired) electrons. The molecule has 0 spiro atoms. The lowest BCUT2D eigenvalue weighted by Gasteiger charge is -2.11. The van der Waals surface area contributed by atoms with Crippen molar-refractivity contribution in [1.29, 1.82) is 0 Å². The van der Waals surface area contributed by atoms with Gasteiger partial charge in [0.1, 0.15) is 13.2 Å². The van der Waals surface area contributed by atoms with E-state index in [0.29, 0.717) is 6.92 Å². The Morgan fingerprint density at radius 1 is 0.857 bits per heavy atom. The minimum atomic E-state index is -4.39. The van der Waals surface area contributed by atoms with Crippen molar-refractivity contribution < 1.29 is 31.4 Å². The summed E-state index contributed by atoms with van der Waals surface area (Å²) in [7, 11) is 0. The zero-order valence-electron chi connectivity index (χ0n) is 7.53. The molecule has 0 heterocycles. The molecule has 0 saturated heterocycles. The Morgan fingerprint density at radius 2 is 1.29 bits per heavy atom. The van der Waals surface area contributed by atoms with Gasteiger partial charge in [-0.3, -0.25) is 0 Å². The lowest BCUT2D eigenvalue weighted by molar-refractivity contribution is -0.178. The summed E-state index contributed by atoms with van der Waals surface area (Å²) < 4.78 is 67.0. The molecule has 0 aliphatic heterocycles. The minimum Gasteiger partial charge on any atom is -0.373 e. The molecule has 0 aromatic heterocycles. The average Bonchev–Trinajstić information content (AvgIpc) is 1.92. The molecule has 2 nitrogen and oxygen atoms in total. The van der Waals surface area contributed by atoms with Gasteiger partial charge < -0.3 is 9.47 Å². The second kappa shape index (κ2) is 5.45. The Kier molecular flexibility index (Phi) is 5.28. The van der Waals surface area contributed by atoms with Crippen molar-refractivity contribution in [2.45, 2.75) is 19.0 Å². The molecule has 0 N–H and O–H groups in total. The highest BCUT2D eigenvalue weighted by Gasteiger charge is 2.27. The van der Waals surface area contributed by atoms with Crippen LogP contribution in [0.1, 0.15) is 6.92 Å². The first-order valence-electron chi connectivity index (χ1n) is 3.81. The van der Waals surface area contributed by atoms with Gasteiger partial charge in [-0.25, -0.2) is 8.78 Å². The van der Waals surface area contributed by atoms with Gasteiger partial charge in [0, 0.05) is 6.92 Å². The second-order valence-electron chi connectivity index (χ2n) is 2.79. The van der Waals surface area contributed by atoms with E-state index < -0.39 is 25.3 Å². The number of ether oxygens (including phenoxy) is 2. The fourth-order valence-corrected chi connectivity index (χ4v) is 0.557. The van der Waals surface area contributed by atoms with Crippen molar-refractivity contribution in [1.82, 2.24) is 0 Å². The highest BCUT2D eigenvalue weighted by atomic mass is 19.4. The fourth-order valence-electron chi connectivity index (χ4n) is 0.557. The zero-order chi connectivity index (χ0) is 11.2. The Hall–Kier alpha value is -0.430. The van der Waals surface area contributed by atoms with Crippen LogP contribution in [0.25, 0.3) is 0 Å². The molecule has 0 aromatic rings. The summed E-state index contributed by atoms with van der Waals surface area (Å²) in [4.78, 5) is 0. The van der Waals surface area contributed by atoms with E-state index in [2.05, 4.69) is 9.47 Å². The van der Waals surface area contributed by atoms with Gasteiger partial charge >= 0.3 is 6.18 Å². The van der Waals surface area contributed by atoms with E-state index in [9.17, 15) is 22.0 Å². The first-order valence-corrected chi connectivity index (χ1v) is 3.81. The van der Waals surface area contributed by atoms with E-state index in [4.69, 9.17) is 0 Å². The maximum absolute atomic E-state index is 12.1. The van der Waals surface area contributed by atoms with Crippen molar-refractivity contribution in [2.24, 2.45) is 0 Å². The van der Waals surface area contributed by atoms with Gasteiger partial charge in [0.25, 0.3) is 5.92 Å². The SMILES string of the molecule is CC(F)(F)COCCOCC(F)(F)F. The van der Waals surface area contributed by atoms with Crippen molar-refractivity contribution in [3.8, 4) is 0 Å². The summed E-state index contributed by atoms with van der Waals surface area (Å²) in [6, 6.07) is 0. The highest BCUT2D eigenvalue weighted by Crippen LogP contribution is 2.14. The van der Waals surface area contributed by atoms with Gasteiger partial charge in [-0.2, -0.15) is 13.2 Å². The van der Waals surface area contributed by atoms with Crippen LogP contribution in [0.5, 0.6) is 0 Å². The van der Waals surface area contributed by atoms with E-state index in [0.717, 1.165) is 0 Å². The normalized spacial score (nSPS) is 13.3. The molecule has 0 unspecified atom stereocenters. The Morgan fingerprint density at radius 3 is 1.64 bits per heavy atom. The molecular formula is C7H11F5O2. The predicted octanol–water partition coefficient (Wildman–Crippen LogP) is 2.24. The monoisotopic (exact) mass is 222 g/mol. The summed E-state index contributed by atoms with van der Waals surface area (Å²) in [5.74, 6) is -2.97. The van der Waals surface area contributed by atoms with Crippen LogP contribution >= 0.6 is 0 Å². The Balaban J connectivity index is 3.23. The topological polar surface area (TPSA) is 18.5 Å². The van der Waals surface area contributed by atoms with Crippen LogP contribution in [-0.4, -0.2) is 38.5 Å². The van der Waals surface area contributed by atoms with Gasteiger partial charge in [0.05, 0.1) is 13.2 Å². The quantitative estimate of drug-likeness (QED) is 0.506. The van der Waals surface area contributed by atoms with Crippen LogP contribution in [0.4, 0.5) is 22.0 Å². The molecule has 0 rings (SSSR count). The molecule has 0 bridgehead atoms. The molecular weight excluding hydrogens is 211 g/mol. The smallest absolute Gasteiger partial charge is 0.373 e. The van der Waals surface area contributed by atoms with Crippen LogP contribution in [-0.2, 0) is 9.47 Å². The number of hydrogen-bond donors (Lipinski definition) is 0. The van der Waals surface area contributed by atoms with Crippen molar-refractivity contribution in [3.05, 3.63) is 0 Å². The molecule has 7 heteroatoms. The van der Waals surface area contributed by atoms with Gasteiger partial charge in [0.15, 0.2) is 0 Å². The third-order valence-electron chi connectivity index (χ3n) is 0.993. The molecule has 14 heavy (non-hydrogen) atoms. The standard InChI is InChI=1S/C7H11F5O2/c1-6(8,9)4-13-2-3-14-5-7(10,11)12/h2-5H2,1H3. The Labute approximate surface area is 78.0 Å². The van der Waals surface area contributed by atoms with E-state index in [-0.39, 0.29) is 13.2 Å². The van der Waals surface area contributed by atoms with Crippen molar-refractivity contribution >= 4 is 0 Å². The largest absolute Gasteiger partial charge is 0.411 e. The number of halogens is 5. The maximum atomic E-state index is 12.1. The summed E-state index contributed by atoms with van der Waals surface area (Å²) in [6.45, 7) is -2.18. The molecule has 0 amide bonds. The van der Waals surface area contributed by atoms with Crippen molar-refractivity contribution in [2.75, 3.05) is 26.4 Å². The lowest BCUT2D eigenvalue weighted by Crippen LogP contribution is -2.22.